The van der Waals surface area contributed by atoms with Crippen LogP contribution in [0.5, 0.6) is 5.75 Å². The third kappa shape index (κ3) is 1.42. The first-order chi connectivity index (χ1) is 7.17. The Morgan fingerprint density at radius 2 is 2.20 bits per heavy atom. The maximum atomic E-state index is 5.86. The minimum Gasteiger partial charge on any atom is -0.495 e. The smallest absolute Gasteiger partial charge is 0.144 e. The average molecular weight is 205 g/mol. The van der Waals surface area contributed by atoms with Crippen molar-refractivity contribution in [2.24, 2.45) is 0 Å². The van der Waals surface area contributed by atoms with Gasteiger partial charge in [-0.15, -0.1) is 0 Å². The van der Waals surface area contributed by atoms with E-state index in [9.17, 15) is 0 Å². The maximum Gasteiger partial charge on any atom is 0.144 e. The molecule has 4 nitrogen and oxygen atoms in total. The number of rotatable bonds is 2. The van der Waals surface area contributed by atoms with Gasteiger partial charge in [0.2, 0.25) is 0 Å². The van der Waals surface area contributed by atoms with E-state index in [1.165, 1.54) is 0 Å². The van der Waals surface area contributed by atoms with Gasteiger partial charge in [0.15, 0.2) is 0 Å². The Balaban J connectivity index is 2.75. The quantitative estimate of drug-likeness (QED) is 0.762. The van der Waals surface area contributed by atoms with Crippen molar-refractivity contribution in [1.29, 1.82) is 0 Å². The van der Waals surface area contributed by atoms with Crippen LogP contribution in [-0.2, 0) is 6.54 Å². The van der Waals surface area contributed by atoms with Crippen LogP contribution >= 0.6 is 0 Å². The summed E-state index contributed by atoms with van der Waals surface area (Å²) in [5, 5.41) is 0. The number of aryl methyl sites for hydroxylation is 2. The van der Waals surface area contributed by atoms with E-state index in [1.54, 1.807) is 7.11 Å². The first-order valence-corrected chi connectivity index (χ1v) is 4.97. The molecule has 0 fully saturated rings. The second-order valence-electron chi connectivity index (χ2n) is 3.49. The van der Waals surface area contributed by atoms with Crippen LogP contribution in [0.1, 0.15) is 12.7 Å². The van der Waals surface area contributed by atoms with Crippen LogP contribution in [0.25, 0.3) is 11.0 Å². The topological polar surface area (TPSA) is 53.1 Å². The predicted molar refractivity (Wildman–Crippen MR) is 61.1 cm³/mol. The fourth-order valence-electron chi connectivity index (χ4n) is 1.86. The van der Waals surface area contributed by atoms with Crippen LogP contribution in [0, 0.1) is 6.92 Å². The van der Waals surface area contributed by atoms with Crippen molar-refractivity contribution in [2.45, 2.75) is 20.4 Å². The van der Waals surface area contributed by atoms with E-state index in [0.717, 1.165) is 23.4 Å². The lowest BCUT2D eigenvalue weighted by Crippen LogP contribution is -1.97. The number of aromatic nitrogens is 2. The van der Waals surface area contributed by atoms with Crippen molar-refractivity contribution in [3.05, 3.63) is 18.0 Å². The molecular weight excluding hydrogens is 190 g/mol. The van der Waals surface area contributed by atoms with Gasteiger partial charge in [0, 0.05) is 12.6 Å². The predicted octanol–water partition coefficient (Wildman–Crippen LogP) is 1.96. The largest absolute Gasteiger partial charge is 0.495 e. The Morgan fingerprint density at radius 3 is 2.80 bits per heavy atom. The van der Waals surface area contributed by atoms with Gasteiger partial charge in [0.1, 0.15) is 11.6 Å². The molecule has 1 aromatic heterocycles. The van der Waals surface area contributed by atoms with Gasteiger partial charge in [-0.3, -0.25) is 0 Å². The number of imidazole rings is 1. The zero-order valence-corrected chi connectivity index (χ0v) is 9.24. The van der Waals surface area contributed by atoms with E-state index in [1.807, 2.05) is 19.1 Å². The Labute approximate surface area is 88.7 Å². The number of hydrogen-bond acceptors (Lipinski definition) is 3. The molecule has 4 heteroatoms. The van der Waals surface area contributed by atoms with Crippen LogP contribution < -0.4 is 10.5 Å². The van der Waals surface area contributed by atoms with Crippen molar-refractivity contribution < 1.29 is 4.74 Å². The highest BCUT2D eigenvalue weighted by Gasteiger charge is 2.09. The number of methoxy groups -OCH3 is 1. The molecule has 0 saturated heterocycles. The van der Waals surface area contributed by atoms with Crippen LogP contribution in [0.3, 0.4) is 0 Å². The molecule has 2 N–H and O–H groups in total. The fraction of sp³-hybridized carbons (Fsp3) is 0.364. The number of anilines is 1. The van der Waals surface area contributed by atoms with Gasteiger partial charge in [0.25, 0.3) is 0 Å². The molecule has 0 aliphatic heterocycles. The summed E-state index contributed by atoms with van der Waals surface area (Å²) in [6, 6.07) is 3.79. The van der Waals surface area contributed by atoms with E-state index in [0.29, 0.717) is 11.4 Å². The maximum absolute atomic E-state index is 5.86. The number of benzene rings is 1. The van der Waals surface area contributed by atoms with Crippen LogP contribution in [0.15, 0.2) is 12.1 Å². The van der Waals surface area contributed by atoms with Crippen molar-refractivity contribution in [2.75, 3.05) is 12.8 Å². The zero-order chi connectivity index (χ0) is 11.0. The highest BCUT2D eigenvalue weighted by atomic mass is 16.5. The van der Waals surface area contributed by atoms with E-state index >= 15 is 0 Å². The summed E-state index contributed by atoms with van der Waals surface area (Å²) in [4.78, 5) is 4.46. The van der Waals surface area contributed by atoms with E-state index in [-0.39, 0.29) is 0 Å². The standard InChI is InChI=1S/C11H15N3O/c1-4-14-7(2)13-9-6-11(15-3)8(12)5-10(9)14/h5-6H,4,12H2,1-3H3. The molecule has 0 amide bonds. The Bertz CT molecular complexity index is 502. The van der Waals surface area contributed by atoms with Crippen molar-refractivity contribution in [3.63, 3.8) is 0 Å². The summed E-state index contributed by atoms with van der Waals surface area (Å²) in [5.74, 6) is 1.68. The summed E-state index contributed by atoms with van der Waals surface area (Å²) in [7, 11) is 1.61. The molecule has 0 aliphatic rings. The molecule has 15 heavy (non-hydrogen) atoms. The lowest BCUT2D eigenvalue weighted by atomic mass is 10.2. The molecule has 0 bridgehead atoms. The molecule has 0 atom stereocenters. The first-order valence-electron chi connectivity index (χ1n) is 4.97. The van der Waals surface area contributed by atoms with Gasteiger partial charge >= 0.3 is 0 Å². The van der Waals surface area contributed by atoms with Crippen molar-refractivity contribution >= 4 is 16.7 Å². The van der Waals surface area contributed by atoms with Crippen molar-refractivity contribution in [3.8, 4) is 5.75 Å². The normalized spacial score (nSPS) is 10.9. The second-order valence-corrected chi connectivity index (χ2v) is 3.49. The third-order valence-electron chi connectivity index (χ3n) is 2.61. The number of nitrogens with zero attached hydrogens (tertiary/aromatic N) is 2. The summed E-state index contributed by atoms with van der Waals surface area (Å²) in [5.41, 5.74) is 8.51. The Hall–Kier alpha value is -1.71. The van der Waals surface area contributed by atoms with Gasteiger partial charge in [-0.05, 0) is 19.9 Å². The molecule has 2 rings (SSSR count). The average Bonchev–Trinajstić information content (AvgIpc) is 2.51. The number of ether oxygens (including phenoxy) is 1. The molecule has 1 aromatic carbocycles. The number of nitrogens with two attached hydrogens (primary N) is 1. The van der Waals surface area contributed by atoms with Gasteiger partial charge in [-0.2, -0.15) is 0 Å². The zero-order valence-electron chi connectivity index (χ0n) is 9.24. The van der Waals surface area contributed by atoms with Crippen LogP contribution in [0.4, 0.5) is 5.69 Å². The molecule has 0 saturated carbocycles. The van der Waals surface area contributed by atoms with Crippen LogP contribution in [-0.4, -0.2) is 16.7 Å². The number of nitrogen functional groups attached to an aromatic ring is 1. The molecule has 2 aromatic rings. The molecule has 0 spiro atoms. The summed E-state index contributed by atoms with van der Waals surface area (Å²) in [6.07, 6.45) is 0. The fourth-order valence-corrected chi connectivity index (χ4v) is 1.86. The minimum absolute atomic E-state index is 0.652. The van der Waals surface area contributed by atoms with E-state index in [4.69, 9.17) is 10.5 Å². The lowest BCUT2D eigenvalue weighted by molar-refractivity contribution is 0.417. The van der Waals surface area contributed by atoms with Gasteiger partial charge in [-0.1, -0.05) is 0 Å². The Morgan fingerprint density at radius 1 is 1.47 bits per heavy atom. The summed E-state index contributed by atoms with van der Waals surface area (Å²) < 4.78 is 7.29. The van der Waals surface area contributed by atoms with E-state index < -0.39 is 0 Å². The van der Waals surface area contributed by atoms with Gasteiger partial charge in [-0.25, -0.2) is 4.98 Å². The van der Waals surface area contributed by atoms with Crippen LogP contribution in [0.2, 0.25) is 0 Å². The first kappa shape index (κ1) is 9.83. The second kappa shape index (κ2) is 3.46. The highest BCUT2D eigenvalue weighted by Crippen LogP contribution is 2.28. The molecule has 1 heterocycles. The molecule has 0 radical (unpaired) electrons. The molecular formula is C11H15N3O. The summed E-state index contributed by atoms with van der Waals surface area (Å²) in [6.45, 7) is 4.98. The summed E-state index contributed by atoms with van der Waals surface area (Å²) >= 11 is 0. The lowest BCUT2D eigenvalue weighted by Gasteiger charge is -2.05. The van der Waals surface area contributed by atoms with E-state index in [2.05, 4.69) is 16.5 Å². The Kier molecular flexibility index (Phi) is 2.26. The van der Waals surface area contributed by atoms with Gasteiger partial charge < -0.3 is 15.0 Å². The SMILES string of the molecule is CCn1c(C)nc2cc(OC)c(N)cc21. The van der Waals surface area contributed by atoms with Crippen molar-refractivity contribution in [1.82, 2.24) is 9.55 Å². The molecule has 0 unspecified atom stereocenters. The highest BCUT2D eigenvalue weighted by molar-refractivity contribution is 5.83. The monoisotopic (exact) mass is 205 g/mol. The minimum atomic E-state index is 0.652. The number of fused-ring (bicyclic) bond motifs is 1. The molecule has 0 aliphatic carbocycles. The molecule has 80 valence electrons. The number of hydrogen-bond donors (Lipinski definition) is 1. The van der Waals surface area contributed by atoms with Gasteiger partial charge in [0.05, 0.1) is 23.8 Å². The third-order valence-corrected chi connectivity index (χ3v) is 2.61.